The van der Waals surface area contributed by atoms with E-state index < -0.39 is 16.1 Å². The highest BCUT2D eigenvalue weighted by Crippen LogP contribution is 2.30. The summed E-state index contributed by atoms with van der Waals surface area (Å²) in [5.41, 5.74) is 0.0177. The highest BCUT2D eigenvalue weighted by atomic mass is 32.2. The summed E-state index contributed by atoms with van der Waals surface area (Å²) in [5.74, 6) is 0.658. The van der Waals surface area contributed by atoms with Gasteiger partial charge in [0.2, 0.25) is 5.91 Å². The molecule has 1 N–H and O–H groups in total. The molecule has 6 nitrogen and oxygen atoms in total. The molecule has 2 rings (SSSR count). The second-order valence-corrected chi connectivity index (χ2v) is 7.57. The van der Waals surface area contributed by atoms with E-state index in [0.29, 0.717) is 16.4 Å². The molecule has 0 aromatic heterocycles. The van der Waals surface area contributed by atoms with Crippen molar-refractivity contribution < 1.29 is 14.3 Å². The first-order valence-corrected chi connectivity index (χ1v) is 9.40. The standard InChI is InChI=1S/C16H16N2O4S2/c1-12(19)17-15-8-7-13(11-16(15)18(20)21)23-9-10-24(22)14-5-3-2-4-6-14/h2-8,11H,9-10H2,1H3,(H,17,19). The first-order valence-electron chi connectivity index (χ1n) is 7.09. The first-order chi connectivity index (χ1) is 11.5. The molecular weight excluding hydrogens is 348 g/mol. The smallest absolute Gasteiger partial charge is 0.293 e. The summed E-state index contributed by atoms with van der Waals surface area (Å²) in [4.78, 5) is 23.1. The predicted octanol–water partition coefficient (Wildman–Crippen LogP) is 3.45. The van der Waals surface area contributed by atoms with E-state index in [2.05, 4.69) is 5.32 Å². The lowest BCUT2D eigenvalue weighted by molar-refractivity contribution is -0.384. The number of benzene rings is 2. The number of hydrogen-bond donors (Lipinski definition) is 1. The number of hydrogen-bond acceptors (Lipinski definition) is 5. The van der Waals surface area contributed by atoms with Gasteiger partial charge >= 0.3 is 0 Å². The molecule has 0 fully saturated rings. The van der Waals surface area contributed by atoms with E-state index in [0.717, 1.165) is 4.90 Å². The Morgan fingerprint density at radius 2 is 1.96 bits per heavy atom. The van der Waals surface area contributed by atoms with Crippen LogP contribution in [-0.4, -0.2) is 26.9 Å². The highest BCUT2D eigenvalue weighted by Gasteiger charge is 2.16. The quantitative estimate of drug-likeness (QED) is 0.351. The predicted molar refractivity (Wildman–Crippen MR) is 95.8 cm³/mol. The summed E-state index contributed by atoms with van der Waals surface area (Å²) in [6, 6.07) is 13.8. The molecule has 126 valence electrons. The second-order valence-electron chi connectivity index (χ2n) is 4.83. The van der Waals surface area contributed by atoms with Crippen LogP contribution in [-0.2, 0) is 16.0 Å². The molecule has 8 heteroatoms. The van der Waals surface area contributed by atoms with Gasteiger partial charge in [0.1, 0.15) is 11.4 Å². The third-order valence-electron chi connectivity index (χ3n) is 3.02. The number of anilines is 1. The van der Waals surface area contributed by atoms with Gasteiger partial charge < -0.3 is 9.87 Å². The molecule has 2 aromatic carbocycles. The number of thioether (sulfide) groups is 1. The SMILES string of the molecule is CC(=O)Nc1ccc(SCC[S+]([O-])c2ccccc2)cc1[N+](=O)[O-]. The van der Waals surface area contributed by atoms with Gasteiger partial charge in [-0.2, -0.15) is 0 Å². The average Bonchev–Trinajstić information content (AvgIpc) is 2.56. The van der Waals surface area contributed by atoms with Crippen LogP contribution in [0.5, 0.6) is 0 Å². The van der Waals surface area contributed by atoms with E-state index >= 15 is 0 Å². The van der Waals surface area contributed by atoms with E-state index in [1.54, 1.807) is 6.07 Å². The van der Waals surface area contributed by atoms with E-state index in [4.69, 9.17) is 0 Å². The van der Waals surface area contributed by atoms with Crippen molar-refractivity contribution in [3.8, 4) is 0 Å². The topological polar surface area (TPSA) is 95.3 Å². The lowest BCUT2D eigenvalue weighted by atomic mass is 10.2. The van der Waals surface area contributed by atoms with Gasteiger partial charge in [-0.3, -0.25) is 14.9 Å². The van der Waals surface area contributed by atoms with Crippen LogP contribution in [0.2, 0.25) is 0 Å². The van der Waals surface area contributed by atoms with Crippen molar-refractivity contribution in [1.82, 2.24) is 0 Å². The van der Waals surface area contributed by atoms with Crippen LogP contribution in [0.1, 0.15) is 6.92 Å². The maximum Gasteiger partial charge on any atom is 0.293 e. The Morgan fingerprint density at radius 1 is 1.25 bits per heavy atom. The monoisotopic (exact) mass is 364 g/mol. The van der Waals surface area contributed by atoms with E-state index in [9.17, 15) is 19.5 Å². The zero-order valence-electron chi connectivity index (χ0n) is 12.9. The summed E-state index contributed by atoms with van der Waals surface area (Å²) in [7, 11) is 0. The Morgan fingerprint density at radius 3 is 2.58 bits per heavy atom. The van der Waals surface area contributed by atoms with Gasteiger partial charge in [0.25, 0.3) is 5.69 Å². The van der Waals surface area contributed by atoms with Gasteiger partial charge in [0.05, 0.1) is 4.92 Å². The molecule has 0 spiro atoms. The number of rotatable bonds is 7. The molecule has 0 aliphatic carbocycles. The fourth-order valence-corrected chi connectivity index (χ4v) is 4.20. The number of nitrogens with zero attached hydrogens (tertiary/aromatic N) is 1. The van der Waals surface area contributed by atoms with Gasteiger partial charge in [-0.25, -0.2) is 0 Å². The molecule has 24 heavy (non-hydrogen) atoms. The van der Waals surface area contributed by atoms with Crippen molar-refractivity contribution in [2.24, 2.45) is 0 Å². The van der Waals surface area contributed by atoms with E-state index in [1.807, 2.05) is 30.3 Å². The summed E-state index contributed by atoms with van der Waals surface area (Å²) < 4.78 is 12.1. The molecule has 0 heterocycles. The lowest BCUT2D eigenvalue weighted by Gasteiger charge is -2.10. The van der Waals surface area contributed by atoms with Crippen molar-refractivity contribution in [3.05, 3.63) is 58.6 Å². The minimum atomic E-state index is -1.10. The average molecular weight is 364 g/mol. The number of nitrogens with one attached hydrogen (secondary N) is 1. The van der Waals surface area contributed by atoms with Gasteiger partial charge in [-0.05, 0) is 35.4 Å². The van der Waals surface area contributed by atoms with Crippen molar-refractivity contribution in [2.75, 3.05) is 16.8 Å². The van der Waals surface area contributed by atoms with Crippen LogP contribution >= 0.6 is 11.8 Å². The second kappa shape index (κ2) is 8.72. The Kier molecular flexibility index (Phi) is 6.65. The molecule has 1 amide bonds. The fraction of sp³-hybridized carbons (Fsp3) is 0.188. The Bertz CT molecular complexity index is 725. The molecule has 0 saturated carbocycles. The van der Waals surface area contributed by atoms with Crippen molar-refractivity contribution in [2.45, 2.75) is 16.7 Å². The van der Waals surface area contributed by atoms with Crippen LogP contribution in [0, 0.1) is 10.1 Å². The van der Waals surface area contributed by atoms with Gasteiger partial charge in [-0.15, -0.1) is 11.8 Å². The van der Waals surface area contributed by atoms with Crippen LogP contribution in [0.4, 0.5) is 11.4 Å². The largest absolute Gasteiger partial charge is 0.611 e. The molecular formula is C16H16N2O4S2. The van der Waals surface area contributed by atoms with Crippen LogP contribution < -0.4 is 5.32 Å². The van der Waals surface area contributed by atoms with Crippen molar-refractivity contribution >= 4 is 40.2 Å². The van der Waals surface area contributed by atoms with E-state index in [1.165, 1.54) is 30.8 Å². The molecule has 0 radical (unpaired) electrons. The van der Waals surface area contributed by atoms with Crippen LogP contribution in [0.3, 0.4) is 0 Å². The number of nitro groups is 1. The molecule has 1 atom stereocenters. The van der Waals surface area contributed by atoms with E-state index in [-0.39, 0.29) is 17.3 Å². The molecule has 0 aliphatic heterocycles. The molecule has 0 saturated heterocycles. The molecule has 0 aliphatic rings. The third kappa shape index (κ3) is 5.26. The summed E-state index contributed by atoms with van der Waals surface area (Å²) >= 11 is 0.297. The minimum Gasteiger partial charge on any atom is -0.611 e. The Hall–Kier alpha value is -2.03. The first kappa shape index (κ1) is 18.3. The van der Waals surface area contributed by atoms with Crippen LogP contribution in [0.25, 0.3) is 0 Å². The normalized spacial score (nSPS) is 11.8. The summed E-state index contributed by atoms with van der Waals surface area (Å²) in [6.45, 7) is 1.30. The Labute approximate surface area is 147 Å². The zero-order chi connectivity index (χ0) is 17.5. The minimum absolute atomic E-state index is 0.153. The number of amides is 1. The molecule has 2 aromatic rings. The molecule has 0 bridgehead atoms. The maximum absolute atomic E-state index is 12.1. The van der Waals surface area contributed by atoms with Crippen LogP contribution in [0.15, 0.2) is 58.3 Å². The van der Waals surface area contributed by atoms with Crippen molar-refractivity contribution in [3.63, 3.8) is 0 Å². The van der Waals surface area contributed by atoms with Gasteiger partial charge in [0.15, 0.2) is 4.90 Å². The van der Waals surface area contributed by atoms with Gasteiger partial charge in [-0.1, -0.05) is 18.2 Å². The Balaban J connectivity index is 1.98. The maximum atomic E-state index is 12.1. The number of carbonyl (C=O) groups excluding carboxylic acids is 1. The highest BCUT2D eigenvalue weighted by molar-refractivity contribution is 8.00. The summed E-state index contributed by atoms with van der Waals surface area (Å²) in [5, 5.41) is 13.6. The summed E-state index contributed by atoms with van der Waals surface area (Å²) in [6.07, 6.45) is 0. The zero-order valence-corrected chi connectivity index (χ0v) is 14.6. The molecule has 1 unspecified atom stereocenters. The number of nitro benzene ring substituents is 1. The fourth-order valence-electron chi connectivity index (χ4n) is 1.97. The lowest BCUT2D eigenvalue weighted by Crippen LogP contribution is -2.09. The number of carbonyl (C=O) groups is 1. The van der Waals surface area contributed by atoms with Gasteiger partial charge in [0, 0.05) is 23.6 Å². The van der Waals surface area contributed by atoms with Crippen molar-refractivity contribution in [1.29, 1.82) is 0 Å². The third-order valence-corrected chi connectivity index (χ3v) is 5.65.